The van der Waals surface area contributed by atoms with Crippen LogP contribution in [0.15, 0.2) is 204 Å². The third-order valence-electron chi connectivity index (χ3n) is 21.1. The maximum Gasteiger partial charge on any atom is 0.159 e. The van der Waals surface area contributed by atoms with E-state index in [4.69, 9.17) is 29.6 Å². The van der Waals surface area contributed by atoms with Gasteiger partial charge in [0, 0.05) is 135 Å². The fourth-order valence-corrected chi connectivity index (χ4v) is 16.5. The van der Waals surface area contributed by atoms with Crippen LogP contribution in [0.25, 0.3) is 111 Å². The standard InChI is InChI=1S/2C30H30N.C27H24NO.C11H20O2.2C5H8O2.3Ir/c2*1-18(2)11-21-15-28(22-13-19(3)12-20(4)14-22)31-29-17-27-25(16-24(21)29)23-9-7-8-10-26(23)30(27,5)6;1-16(2)9-19-13-24(20-11-17(3)10-18(4)12-20)28-25-15-27-23(14-22(19)25)21-7-5-6-8-26(21)29-27;1-8(2)5-10(12)7-11(13)6-9(3)4;2*1-4(6)3-5(2)7;;;/h2*7-10,12-13,15-18H,11H2,1-6H3;5-8,10-11,13-16H,9H2,1-4H3;7-9,12H,5-6H2,1-4H3;2*3,6H,1-2H3;;;/q3*-1;;;;;;. The van der Waals surface area contributed by atoms with Gasteiger partial charge in [0.15, 0.2) is 17.3 Å². The van der Waals surface area contributed by atoms with Crippen molar-refractivity contribution in [2.75, 3.05) is 0 Å². The first kappa shape index (κ1) is 98.7. The van der Waals surface area contributed by atoms with Gasteiger partial charge >= 0.3 is 0 Å². The van der Waals surface area contributed by atoms with Crippen molar-refractivity contribution in [1.82, 2.24) is 15.0 Å². The van der Waals surface area contributed by atoms with E-state index in [0.717, 1.165) is 108 Å². The number of para-hydroxylation sites is 1. The van der Waals surface area contributed by atoms with Gasteiger partial charge in [-0.25, -0.2) is 0 Å². The van der Waals surface area contributed by atoms with Gasteiger partial charge in [0.1, 0.15) is 11.2 Å². The second-order valence-electron chi connectivity index (χ2n) is 35.8. The smallest absolute Gasteiger partial charge is 0.159 e. The maximum absolute atomic E-state index is 11.2. The van der Waals surface area contributed by atoms with Crippen LogP contribution in [0.3, 0.4) is 0 Å². The second kappa shape index (κ2) is 42.6. The summed E-state index contributed by atoms with van der Waals surface area (Å²) >= 11 is 0. The molecule has 0 atom stereocenters. The van der Waals surface area contributed by atoms with Crippen molar-refractivity contribution in [2.24, 2.45) is 29.6 Å². The molecule has 639 valence electrons. The molecule has 2 aliphatic rings. The molecule has 121 heavy (non-hydrogen) atoms. The number of hydrogen-bond donors (Lipinski definition) is 3. The molecule has 13 aromatic rings. The van der Waals surface area contributed by atoms with Crippen LogP contribution in [0.1, 0.15) is 210 Å². The molecule has 0 saturated heterocycles. The molecule has 0 aliphatic heterocycles. The molecule has 9 aromatic carbocycles. The summed E-state index contributed by atoms with van der Waals surface area (Å²) in [5.74, 6) is 2.58. The monoisotopic (exact) mass is 2150 g/mol. The minimum atomic E-state index is -0.125. The van der Waals surface area contributed by atoms with Crippen molar-refractivity contribution < 1.29 is 94.4 Å². The van der Waals surface area contributed by atoms with Gasteiger partial charge in [0.05, 0.1) is 33.8 Å². The van der Waals surface area contributed by atoms with E-state index in [2.05, 4.69) is 281 Å². The molecule has 0 spiro atoms. The van der Waals surface area contributed by atoms with E-state index >= 15 is 0 Å². The minimum absolute atomic E-state index is 0. The van der Waals surface area contributed by atoms with Crippen LogP contribution in [0.4, 0.5) is 0 Å². The van der Waals surface area contributed by atoms with Crippen LogP contribution in [-0.4, -0.2) is 47.6 Å². The summed E-state index contributed by atoms with van der Waals surface area (Å²) in [6, 6.07) is 70.2. The van der Waals surface area contributed by atoms with E-state index in [1.165, 1.54) is 140 Å². The summed E-state index contributed by atoms with van der Waals surface area (Å²) in [7, 11) is 0. The Kier molecular flexibility index (Phi) is 34.7. The molecular weight excluding hydrogens is 2030 g/mol. The average molecular weight is 2150 g/mol. The zero-order chi connectivity index (χ0) is 86.1. The predicted octanol–water partition coefficient (Wildman–Crippen LogP) is 28.2. The summed E-state index contributed by atoms with van der Waals surface area (Å²) in [5, 5.41) is 32.2. The Morgan fingerprint density at radius 2 is 0.719 bits per heavy atom. The molecule has 15 rings (SSSR count). The van der Waals surface area contributed by atoms with E-state index in [1.54, 1.807) is 0 Å². The molecule has 0 saturated carbocycles. The molecule has 0 unspecified atom stereocenters. The van der Waals surface area contributed by atoms with Crippen molar-refractivity contribution in [3.05, 3.63) is 290 Å². The van der Waals surface area contributed by atoms with Crippen molar-refractivity contribution in [1.29, 1.82) is 0 Å². The Morgan fingerprint density at radius 1 is 0.372 bits per heavy atom. The molecule has 4 heterocycles. The van der Waals surface area contributed by atoms with E-state index in [-0.39, 0.29) is 106 Å². The number of aromatic nitrogens is 3. The SMILES string of the molecule is CC(=O)C=C(C)O.CC(=O)C=C(C)O.CC(C)CC(=O)C=C(O)CC(C)C.Cc1[c-]c(-c2cc(CC(C)C)c3cc4c(cc3n2)C(C)(C)c2ccccc2-4)cc(C)c1.Cc1[c-]c(-c2cc(CC(C)C)c3cc4c(cc3n2)C(C)(C)c2ccccc2-4)cc(C)c1.Cc1[c-]c(-c2cc(CC(C)C)c3cc4c(cc3n2)oc2ccccc24)cc(C)c1.[Ir].[Ir].[Ir]. The zero-order valence-electron chi connectivity index (χ0n) is 75.1. The van der Waals surface area contributed by atoms with Crippen LogP contribution in [0.5, 0.6) is 0 Å². The summed E-state index contributed by atoms with van der Waals surface area (Å²) in [5.41, 5.74) is 33.6. The number of aliphatic hydroxyl groups excluding tert-OH is 3. The Bertz CT molecular complexity index is 5720. The molecule has 0 amide bonds. The number of ketones is 3. The van der Waals surface area contributed by atoms with Crippen LogP contribution in [-0.2, 0) is 105 Å². The van der Waals surface area contributed by atoms with Gasteiger partial charge in [0.2, 0.25) is 0 Å². The van der Waals surface area contributed by atoms with Gasteiger partial charge in [-0.2, -0.15) is 0 Å². The largest absolute Gasteiger partial charge is 0.512 e. The molecule has 4 aromatic heterocycles. The number of aryl methyl sites for hydroxylation is 6. The number of nitrogens with zero attached hydrogens (tertiary/aromatic N) is 3. The summed E-state index contributed by atoms with van der Waals surface area (Å²) in [6.45, 7) is 49.5. The first-order chi connectivity index (χ1) is 55.6. The van der Waals surface area contributed by atoms with Crippen LogP contribution in [0, 0.1) is 89.3 Å². The topological polar surface area (TPSA) is 164 Å². The Balaban J connectivity index is 0.000000215. The third kappa shape index (κ3) is 25.2. The fourth-order valence-electron chi connectivity index (χ4n) is 16.5. The summed E-state index contributed by atoms with van der Waals surface area (Å²) in [4.78, 5) is 46.6. The first-order valence-electron chi connectivity index (χ1n) is 41.7. The number of rotatable bonds is 16. The minimum Gasteiger partial charge on any atom is -0.512 e. The number of allylic oxidation sites excluding steroid dienone is 6. The first-order valence-corrected chi connectivity index (χ1v) is 41.7. The molecule has 10 nitrogen and oxygen atoms in total. The number of fused-ring (bicyclic) bond motifs is 12. The van der Waals surface area contributed by atoms with Gasteiger partial charge in [0.25, 0.3) is 0 Å². The second-order valence-corrected chi connectivity index (χ2v) is 35.8. The Hall–Kier alpha value is -9.41. The van der Waals surface area contributed by atoms with Crippen molar-refractivity contribution in [2.45, 2.75) is 209 Å². The quantitative estimate of drug-likeness (QED) is 0.0482. The van der Waals surface area contributed by atoms with Gasteiger partial charge < -0.3 is 19.7 Å². The number of carbonyl (C=O) groups excluding carboxylic acids is 3. The van der Waals surface area contributed by atoms with Crippen molar-refractivity contribution in [3.8, 4) is 56.0 Å². The van der Waals surface area contributed by atoms with Gasteiger partial charge in [-0.1, -0.05) is 223 Å². The van der Waals surface area contributed by atoms with E-state index in [1.807, 2.05) is 39.8 Å². The molecule has 13 heteroatoms. The van der Waals surface area contributed by atoms with Crippen LogP contribution in [0.2, 0.25) is 0 Å². The predicted molar refractivity (Wildman–Crippen MR) is 493 cm³/mol. The maximum atomic E-state index is 11.2. The summed E-state index contributed by atoms with van der Waals surface area (Å²) < 4.78 is 6.12. The van der Waals surface area contributed by atoms with Crippen molar-refractivity contribution >= 4 is 72.0 Å². The average Bonchev–Trinajstić information content (AvgIpc) is 1.61. The van der Waals surface area contributed by atoms with E-state index in [0.29, 0.717) is 42.4 Å². The number of hydrogen-bond acceptors (Lipinski definition) is 10. The number of furan rings is 1. The number of benzene rings is 9. The number of aliphatic hydroxyl groups is 3. The van der Waals surface area contributed by atoms with Gasteiger partial charge in [-0.15, -0.1) is 105 Å². The normalized spacial score (nSPS) is 12.8. The van der Waals surface area contributed by atoms with Gasteiger partial charge in [-0.3, -0.25) is 29.3 Å². The van der Waals surface area contributed by atoms with Crippen molar-refractivity contribution in [3.63, 3.8) is 0 Å². The van der Waals surface area contributed by atoms with Gasteiger partial charge in [-0.05, 0) is 191 Å². The molecule has 3 N–H and O–H groups in total. The molecular formula is C108H120Ir3N3O7-3. The third-order valence-corrected chi connectivity index (χ3v) is 21.1. The molecule has 3 radical (unpaired) electrons. The Labute approximate surface area is 759 Å². The van der Waals surface area contributed by atoms with Crippen LogP contribution < -0.4 is 0 Å². The fraction of sp³-hybridized carbons (Fsp3) is 0.333. The molecule has 2 aliphatic carbocycles. The summed E-state index contributed by atoms with van der Waals surface area (Å²) in [6.07, 6.45) is 7.89. The van der Waals surface area contributed by atoms with Crippen LogP contribution >= 0.6 is 0 Å². The number of pyridine rings is 3. The van der Waals surface area contributed by atoms with E-state index < -0.39 is 0 Å². The Morgan fingerprint density at radius 3 is 1.06 bits per heavy atom. The number of carbonyl (C=O) groups is 3. The molecule has 0 fully saturated rings. The van der Waals surface area contributed by atoms with E-state index in [9.17, 15) is 19.5 Å². The molecule has 0 bridgehead atoms. The zero-order valence-corrected chi connectivity index (χ0v) is 82.2.